The molecule has 0 spiro atoms. The van der Waals surface area contributed by atoms with E-state index >= 15 is 0 Å². The first-order valence-electron chi connectivity index (χ1n) is 7.96. The molecule has 122 valence electrons. The summed E-state index contributed by atoms with van der Waals surface area (Å²) >= 11 is 0. The number of rotatable bonds is 7. The van der Waals surface area contributed by atoms with Crippen LogP contribution in [0.5, 0.6) is 0 Å². The van der Waals surface area contributed by atoms with Gasteiger partial charge in [-0.05, 0) is 25.1 Å². The zero-order valence-electron chi connectivity index (χ0n) is 13.9. The SMILES string of the molecule is CC(CN(C)Cc1ccccc1)NC(N)=NCc1ccccc1. The first kappa shape index (κ1) is 17.0. The van der Waals surface area contributed by atoms with E-state index in [0.29, 0.717) is 12.5 Å². The number of hydrogen-bond acceptors (Lipinski definition) is 2. The van der Waals surface area contributed by atoms with Crippen molar-refractivity contribution in [3.05, 3.63) is 71.8 Å². The van der Waals surface area contributed by atoms with Crippen LogP contribution in [0.3, 0.4) is 0 Å². The second-order valence-electron chi connectivity index (χ2n) is 5.91. The van der Waals surface area contributed by atoms with Crippen LogP contribution in [0.4, 0.5) is 0 Å². The van der Waals surface area contributed by atoms with Crippen LogP contribution >= 0.6 is 0 Å². The van der Waals surface area contributed by atoms with Gasteiger partial charge in [-0.2, -0.15) is 0 Å². The molecule has 0 fully saturated rings. The van der Waals surface area contributed by atoms with E-state index in [2.05, 4.69) is 53.4 Å². The first-order valence-corrected chi connectivity index (χ1v) is 7.96. The van der Waals surface area contributed by atoms with Gasteiger partial charge in [0.1, 0.15) is 0 Å². The molecule has 0 bridgehead atoms. The molecule has 0 aliphatic carbocycles. The monoisotopic (exact) mass is 310 g/mol. The highest BCUT2D eigenvalue weighted by atomic mass is 15.2. The van der Waals surface area contributed by atoms with E-state index < -0.39 is 0 Å². The van der Waals surface area contributed by atoms with E-state index in [1.54, 1.807) is 0 Å². The Bertz CT molecular complexity index is 595. The summed E-state index contributed by atoms with van der Waals surface area (Å²) in [7, 11) is 2.11. The molecule has 0 saturated heterocycles. The highest BCUT2D eigenvalue weighted by molar-refractivity contribution is 5.78. The molecule has 0 aliphatic rings. The summed E-state index contributed by atoms with van der Waals surface area (Å²) in [6, 6.07) is 20.8. The predicted molar refractivity (Wildman–Crippen MR) is 97.1 cm³/mol. The lowest BCUT2D eigenvalue weighted by Gasteiger charge is -2.22. The summed E-state index contributed by atoms with van der Waals surface area (Å²) in [5.74, 6) is 0.495. The van der Waals surface area contributed by atoms with Crippen molar-refractivity contribution in [3.8, 4) is 0 Å². The molecule has 1 atom stereocenters. The highest BCUT2D eigenvalue weighted by Crippen LogP contribution is 2.03. The van der Waals surface area contributed by atoms with E-state index in [0.717, 1.165) is 18.7 Å². The number of nitrogens with two attached hydrogens (primary N) is 1. The van der Waals surface area contributed by atoms with E-state index in [9.17, 15) is 0 Å². The third-order valence-electron chi connectivity index (χ3n) is 3.55. The van der Waals surface area contributed by atoms with E-state index in [4.69, 9.17) is 5.73 Å². The van der Waals surface area contributed by atoms with Crippen molar-refractivity contribution in [2.45, 2.75) is 26.1 Å². The molecule has 3 N–H and O–H groups in total. The van der Waals surface area contributed by atoms with Crippen molar-refractivity contribution >= 4 is 5.96 Å². The van der Waals surface area contributed by atoms with Crippen molar-refractivity contribution in [2.24, 2.45) is 10.7 Å². The summed E-state index contributed by atoms with van der Waals surface area (Å²) in [6.07, 6.45) is 0. The quantitative estimate of drug-likeness (QED) is 0.610. The third-order valence-corrected chi connectivity index (χ3v) is 3.55. The molecular formula is C19H26N4. The number of nitrogens with one attached hydrogen (secondary N) is 1. The number of aliphatic imine (C=N–C) groups is 1. The summed E-state index contributed by atoms with van der Waals surface area (Å²) in [5, 5.41) is 3.25. The number of guanidine groups is 1. The van der Waals surface area contributed by atoms with Crippen molar-refractivity contribution in [1.29, 1.82) is 0 Å². The first-order chi connectivity index (χ1) is 11.1. The average Bonchev–Trinajstić information content (AvgIpc) is 2.54. The Morgan fingerprint density at radius 2 is 1.61 bits per heavy atom. The molecule has 0 saturated carbocycles. The molecule has 4 nitrogen and oxygen atoms in total. The van der Waals surface area contributed by atoms with Crippen LogP contribution in [0.25, 0.3) is 0 Å². The molecule has 4 heteroatoms. The Morgan fingerprint density at radius 1 is 1.04 bits per heavy atom. The minimum absolute atomic E-state index is 0.239. The lowest BCUT2D eigenvalue weighted by atomic mass is 10.2. The molecule has 0 radical (unpaired) electrons. The molecule has 0 aliphatic heterocycles. The molecular weight excluding hydrogens is 284 g/mol. The van der Waals surface area contributed by atoms with Crippen molar-refractivity contribution in [3.63, 3.8) is 0 Å². The summed E-state index contributed by atoms with van der Waals surface area (Å²) in [5.41, 5.74) is 8.44. The van der Waals surface area contributed by atoms with Crippen molar-refractivity contribution in [2.75, 3.05) is 13.6 Å². The molecule has 1 unspecified atom stereocenters. The lowest BCUT2D eigenvalue weighted by molar-refractivity contribution is 0.301. The van der Waals surface area contributed by atoms with Crippen molar-refractivity contribution < 1.29 is 0 Å². The van der Waals surface area contributed by atoms with E-state index in [1.807, 2.05) is 36.4 Å². The van der Waals surface area contributed by atoms with Crippen LogP contribution in [0.1, 0.15) is 18.1 Å². The molecule has 2 aromatic carbocycles. The van der Waals surface area contributed by atoms with Gasteiger partial charge in [0, 0.05) is 19.1 Å². The zero-order valence-corrected chi connectivity index (χ0v) is 13.9. The fourth-order valence-corrected chi connectivity index (χ4v) is 2.53. The van der Waals surface area contributed by atoms with Crippen LogP contribution in [-0.2, 0) is 13.1 Å². The Hall–Kier alpha value is -2.33. The van der Waals surface area contributed by atoms with Gasteiger partial charge >= 0.3 is 0 Å². The number of likely N-dealkylation sites (N-methyl/N-ethyl adjacent to an activating group) is 1. The zero-order chi connectivity index (χ0) is 16.5. The van der Waals surface area contributed by atoms with E-state index in [-0.39, 0.29) is 6.04 Å². The molecule has 0 aromatic heterocycles. The smallest absolute Gasteiger partial charge is 0.189 e. The maximum absolute atomic E-state index is 5.97. The van der Waals surface area contributed by atoms with Crippen LogP contribution in [0.15, 0.2) is 65.7 Å². The second kappa shape index (κ2) is 8.96. The largest absolute Gasteiger partial charge is 0.370 e. The Kier molecular flexibility index (Phi) is 6.63. The second-order valence-corrected chi connectivity index (χ2v) is 5.91. The molecule has 0 heterocycles. The molecule has 0 amide bonds. The topological polar surface area (TPSA) is 53.6 Å². The maximum atomic E-state index is 5.97. The van der Waals surface area contributed by atoms with Crippen LogP contribution in [-0.4, -0.2) is 30.5 Å². The molecule has 23 heavy (non-hydrogen) atoms. The van der Waals surface area contributed by atoms with Crippen LogP contribution < -0.4 is 11.1 Å². The van der Waals surface area contributed by atoms with Gasteiger partial charge in [-0.1, -0.05) is 60.7 Å². The highest BCUT2D eigenvalue weighted by Gasteiger charge is 2.07. The average molecular weight is 310 g/mol. The Morgan fingerprint density at radius 3 is 2.22 bits per heavy atom. The van der Waals surface area contributed by atoms with E-state index in [1.165, 1.54) is 5.56 Å². The Balaban J connectivity index is 1.76. The van der Waals surface area contributed by atoms with Gasteiger partial charge in [-0.3, -0.25) is 0 Å². The molecule has 2 aromatic rings. The number of hydrogen-bond donors (Lipinski definition) is 2. The maximum Gasteiger partial charge on any atom is 0.189 e. The summed E-state index contributed by atoms with van der Waals surface area (Å²) in [4.78, 5) is 6.67. The van der Waals surface area contributed by atoms with Crippen LogP contribution in [0.2, 0.25) is 0 Å². The normalized spacial score (nSPS) is 13.1. The Labute approximate surface area is 139 Å². The minimum atomic E-state index is 0.239. The van der Waals surface area contributed by atoms with Gasteiger partial charge in [-0.25, -0.2) is 4.99 Å². The predicted octanol–water partition coefficient (Wildman–Crippen LogP) is 2.61. The number of benzene rings is 2. The van der Waals surface area contributed by atoms with Crippen molar-refractivity contribution in [1.82, 2.24) is 10.2 Å². The van der Waals surface area contributed by atoms with Gasteiger partial charge in [-0.15, -0.1) is 0 Å². The standard InChI is InChI=1S/C19H26N4/c1-16(14-23(2)15-18-11-7-4-8-12-18)22-19(20)21-13-17-9-5-3-6-10-17/h3-12,16H,13-15H2,1-2H3,(H3,20,21,22). The van der Waals surface area contributed by atoms with Gasteiger partial charge in [0.25, 0.3) is 0 Å². The van der Waals surface area contributed by atoms with Gasteiger partial charge in [0.15, 0.2) is 5.96 Å². The third kappa shape index (κ3) is 6.53. The van der Waals surface area contributed by atoms with Gasteiger partial charge in [0.2, 0.25) is 0 Å². The lowest BCUT2D eigenvalue weighted by Crippen LogP contribution is -2.44. The van der Waals surface area contributed by atoms with Gasteiger partial charge < -0.3 is 16.0 Å². The van der Waals surface area contributed by atoms with Crippen LogP contribution in [0, 0.1) is 0 Å². The fourth-order valence-electron chi connectivity index (χ4n) is 2.53. The fraction of sp³-hybridized carbons (Fsp3) is 0.316. The summed E-state index contributed by atoms with van der Waals surface area (Å²) < 4.78 is 0. The molecule has 2 rings (SSSR count). The number of nitrogens with zero attached hydrogens (tertiary/aromatic N) is 2. The van der Waals surface area contributed by atoms with Gasteiger partial charge in [0.05, 0.1) is 6.54 Å². The minimum Gasteiger partial charge on any atom is -0.370 e. The summed E-state index contributed by atoms with van der Waals surface area (Å²) in [6.45, 7) is 4.54.